The number of carbonyl (C=O) groups excluding carboxylic acids is 2. The van der Waals surface area contributed by atoms with Crippen LogP contribution in [0.1, 0.15) is 106 Å². The summed E-state index contributed by atoms with van der Waals surface area (Å²) in [6.07, 6.45) is 2.91. The number of amides is 2. The van der Waals surface area contributed by atoms with Gasteiger partial charge in [0.15, 0.2) is 0 Å². The van der Waals surface area contributed by atoms with Crippen LogP contribution >= 0.6 is 23.2 Å². The van der Waals surface area contributed by atoms with E-state index in [9.17, 15) is 10.2 Å². The molecule has 4 aromatic rings. The van der Waals surface area contributed by atoms with Crippen LogP contribution < -0.4 is 10.6 Å². The lowest BCUT2D eigenvalue weighted by Gasteiger charge is -2.56. The fourth-order valence-corrected chi connectivity index (χ4v) is 10.8. The van der Waals surface area contributed by atoms with Gasteiger partial charge in [-0.3, -0.25) is 14.5 Å². The smallest absolute Gasteiger partial charge is 0.238 e. The number of halogens is 3. The zero-order valence-electron chi connectivity index (χ0n) is 31.0. The molecular weight excluding hydrogens is 738 g/mol. The summed E-state index contributed by atoms with van der Waals surface area (Å²) in [4.78, 5) is 37.9. The molecule has 1 unspecified atom stereocenters. The van der Waals surface area contributed by atoms with Crippen LogP contribution in [-0.2, 0) is 15.0 Å². The highest BCUT2D eigenvalue weighted by molar-refractivity contribution is 6.31. The van der Waals surface area contributed by atoms with Crippen LogP contribution in [0.3, 0.4) is 0 Å². The average Bonchev–Trinajstić information content (AvgIpc) is 3.60. The Morgan fingerprint density at radius 3 is 2.18 bits per heavy atom. The number of likely N-dealkylation sites (tertiary alicyclic amines) is 1. The van der Waals surface area contributed by atoms with Crippen LogP contribution in [0.15, 0.2) is 91.0 Å². The molecule has 1 aromatic heterocycles. The number of anilines is 1. The molecule has 2 saturated carbocycles. The third-order valence-corrected chi connectivity index (χ3v) is 13.6. The number of pyridine rings is 1. The van der Waals surface area contributed by atoms with Crippen molar-refractivity contribution in [3.63, 3.8) is 0 Å². The molecule has 8 rings (SSSR count). The Bertz CT molecular complexity index is 2070. The molecule has 3 aromatic carbocycles. The lowest BCUT2D eigenvalue weighted by molar-refractivity contribution is -0.137. The van der Waals surface area contributed by atoms with Gasteiger partial charge in [-0.25, -0.2) is 9.37 Å². The van der Waals surface area contributed by atoms with Gasteiger partial charge in [0.2, 0.25) is 11.8 Å². The zero-order valence-corrected chi connectivity index (χ0v) is 32.5. The van der Waals surface area contributed by atoms with Gasteiger partial charge in [0.1, 0.15) is 22.2 Å². The van der Waals surface area contributed by atoms with E-state index in [0.29, 0.717) is 62.5 Å². The minimum Gasteiger partial charge on any atom is -0.393 e. The lowest BCUT2D eigenvalue weighted by atomic mass is 9.53. The van der Waals surface area contributed by atoms with Crippen molar-refractivity contribution in [2.45, 2.75) is 112 Å². The predicted octanol–water partition coefficient (Wildman–Crippen LogP) is 8.42. The number of hydrogen-bond acceptors (Lipinski definition) is 6. The highest BCUT2D eigenvalue weighted by atomic mass is 35.5. The van der Waals surface area contributed by atoms with E-state index in [-0.39, 0.29) is 38.9 Å². The first-order chi connectivity index (χ1) is 26.4. The maximum Gasteiger partial charge on any atom is 0.238 e. The molecule has 288 valence electrons. The predicted molar refractivity (Wildman–Crippen MR) is 211 cm³/mol. The Labute approximate surface area is 331 Å². The van der Waals surface area contributed by atoms with Crippen molar-refractivity contribution in [2.24, 2.45) is 5.41 Å². The quantitative estimate of drug-likeness (QED) is 0.140. The van der Waals surface area contributed by atoms with Gasteiger partial charge in [-0.15, -0.1) is 0 Å². The van der Waals surface area contributed by atoms with E-state index in [1.807, 2.05) is 60.7 Å². The fraction of sp³-hybridized carbons (Fsp3) is 0.432. The second-order valence-corrected chi connectivity index (χ2v) is 17.5. The van der Waals surface area contributed by atoms with E-state index in [2.05, 4.69) is 34.4 Å². The number of carbonyl (C=O) groups is 2. The van der Waals surface area contributed by atoms with Crippen molar-refractivity contribution >= 4 is 40.8 Å². The molecule has 0 bridgehead atoms. The van der Waals surface area contributed by atoms with Crippen molar-refractivity contribution < 1.29 is 24.2 Å². The number of fused-ring (bicyclic) bond motifs is 3. The molecule has 1 saturated heterocycles. The van der Waals surface area contributed by atoms with Gasteiger partial charge >= 0.3 is 0 Å². The highest BCUT2D eigenvalue weighted by Gasteiger charge is 2.77. The van der Waals surface area contributed by atoms with Gasteiger partial charge in [-0.1, -0.05) is 116 Å². The monoisotopic (exact) mass is 784 g/mol. The first kappa shape index (κ1) is 38.0. The number of nitrogens with zero attached hydrogens (tertiary/aromatic N) is 2. The molecule has 11 heteroatoms. The Hall–Kier alpha value is -3.86. The van der Waals surface area contributed by atoms with Crippen molar-refractivity contribution in [3.8, 4) is 0 Å². The van der Waals surface area contributed by atoms with Crippen LogP contribution in [0.2, 0.25) is 10.2 Å². The molecule has 8 nitrogen and oxygen atoms in total. The maximum atomic E-state index is 17.0. The standard InChI is InChI=1S/C44H47Cl2FN4O4/c1-42(2)22-24-43(25-23-42)44(31-20-21-33(46)49-39(31)50-41(44)55)34(30-14-9-15-32(45)35(30)47)37(40(54)48-28-16-18-29(52)19-17-28)51(43)36(26-10-5-3-6-11-26)38(53)27-12-7-4-8-13-27/h3-15,20-21,28-29,34,36-38,52-53H,16-19,22-25H2,1-2H3,(H,48,54)(H,49,50,55)/t28-,29-,34-,36+,37+,38-,44?/m0/s1. The lowest BCUT2D eigenvalue weighted by Crippen LogP contribution is -2.64. The van der Waals surface area contributed by atoms with Gasteiger partial charge in [-0.05, 0) is 85.6 Å². The van der Waals surface area contributed by atoms with Crippen LogP contribution in [0, 0.1) is 11.2 Å². The van der Waals surface area contributed by atoms with E-state index in [4.69, 9.17) is 23.2 Å². The number of rotatable bonds is 7. The molecule has 2 aliphatic carbocycles. The Morgan fingerprint density at radius 1 is 0.891 bits per heavy atom. The molecule has 5 atom stereocenters. The second kappa shape index (κ2) is 14.6. The summed E-state index contributed by atoms with van der Waals surface area (Å²) in [5, 5.41) is 29.6. The summed E-state index contributed by atoms with van der Waals surface area (Å²) in [6.45, 7) is 4.41. The first-order valence-electron chi connectivity index (χ1n) is 19.4. The van der Waals surface area contributed by atoms with Gasteiger partial charge < -0.3 is 20.8 Å². The molecule has 55 heavy (non-hydrogen) atoms. The second-order valence-electron chi connectivity index (χ2n) is 16.7. The summed E-state index contributed by atoms with van der Waals surface area (Å²) in [7, 11) is 0. The van der Waals surface area contributed by atoms with Crippen LogP contribution in [0.25, 0.3) is 0 Å². The van der Waals surface area contributed by atoms with Crippen LogP contribution in [0.5, 0.6) is 0 Å². The van der Waals surface area contributed by atoms with E-state index in [0.717, 1.165) is 5.56 Å². The van der Waals surface area contributed by atoms with Crippen LogP contribution in [0.4, 0.5) is 10.2 Å². The number of aliphatic hydroxyl groups is 2. The molecule has 3 heterocycles. The summed E-state index contributed by atoms with van der Waals surface area (Å²) in [6, 6.07) is 24.9. The van der Waals surface area contributed by atoms with E-state index in [1.165, 1.54) is 6.07 Å². The van der Waals surface area contributed by atoms with Gasteiger partial charge in [0, 0.05) is 23.1 Å². The Kier molecular flexibility index (Phi) is 10.1. The van der Waals surface area contributed by atoms with Gasteiger partial charge in [0.05, 0.1) is 29.3 Å². The highest BCUT2D eigenvalue weighted by Crippen LogP contribution is 2.69. The largest absolute Gasteiger partial charge is 0.393 e. The minimum absolute atomic E-state index is 0.103. The number of aromatic nitrogens is 1. The Morgan fingerprint density at radius 2 is 1.53 bits per heavy atom. The van der Waals surface area contributed by atoms with Crippen molar-refractivity contribution in [1.29, 1.82) is 0 Å². The topological polar surface area (TPSA) is 115 Å². The summed E-state index contributed by atoms with van der Waals surface area (Å²) in [5.41, 5.74) is -0.792. The van der Waals surface area contributed by atoms with Gasteiger partial charge in [-0.2, -0.15) is 0 Å². The maximum absolute atomic E-state index is 17.0. The SMILES string of the molecule is CC1(C)CCC2(CC1)N([C@H](c1ccccc1)[C@@H](O)c1ccccc1)[C@@H](C(=O)N[C@H]1CC[C@H](O)CC1)[C@H](c1cccc(Cl)c1F)C21C(=O)Nc2nc(Cl)ccc21. The Balaban J connectivity index is 1.47. The molecular formula is C44H47Cl2FN4O4. The van der Waals surface area contributed by atoms with Crippen molar-refractivity contribution in [3.05, 3.63) is 129 Å². The number of hydrogen-bond donors (Lipinski definition) is 4. The first-order valence-corrected chi connectivity index (χ1v) is 20.1. The van der Waals surface area contributed by atoms with E-state index in [1.54, 1.807) is 24.3 Å². The number of aliphatic hydroxyl groups excluding tert-OH is 2. The van der Waals surface area contributed by atoms with Gasteiger partial charge in [0.25, 0.3) is 0 Å². The number of nitrogens with one attached hydrogen (secondary N) is 2. The summed E-state index contributed by atoms with van der Waals surface area (Å²) < 4.78 is 17.0. The number of benzene rings is 3. The summed E-state index contributed by atoms with van der Waals surface area (Å²) >= 11 is 13.1. The van der Waals surface area contributed by atoms with Crippen molar-refractivity contribution in [1.82, 2.24) is 15.2 Å². The molecule has 4 N–H and O–H groups in total. The molecule has 2 aliphatic heterocycles. The average molecular weight is 786 g/mol. The minimum atomic E-state index is -1.59. The normalized spacial score (nSPS) is 28.1. The molecule has 4 aliphatic rings. The molecule has 2 amide bonds. The van der Waals surface area contributed by atoms with Crippen LogP contribution in [-0.4, -0.2) is 55.6 Å². The molecule has 3 fully saturated rings. The zero-order chi connectivity index (χ0) is 38.7. The van der Waals surface area contributed by atoms with E-state index >= 15 is 14.0 Å². The van der Waals surface area contributed by atoms with Crippen molar-refractivity contribution in [2.75, 3.05) is 5.32 Å². The summed E-state index contributed by atoms with van der Waals surface area (Å²) in [5.74, 6) is -2.33. The van der Waals surface area contributed by atoms with E-state index < -0.39 is 52.9 Å². The fourth-order valence-electron chi connectivity index (χ4n) is 10.5. The third kappa shape index (κ3) is 6.27. The third-order valence-electron chi connectivity index (χ3n) is 13.1. The molecule has 2 spiro atoms. The molecule has 0 radical (unpaired) electrons.